The Balaban J connectivity index is 2.01. The van der Waals surface area contributed by atoms with E-state index in [1.807, 2.05) is 24.3 Å². The van der Waals surface area contributed by atoms with Crippen molar-refractivity contribution < 1.29 is 4.79 Å². The van der Waals surface area contributed by atoms with Crippen LogP contribution in [0.5, 0.6) is 0 Å². The van der Waals surface area contributed by atoms with Crippen LogP contribution in [0.2, 0.25) is 0 Å². The Morgan fingerprint density at radius 2 is 2.00 bits per heavy atom. The molecule has 1 aromatic rings. The van der Waals surface area contributed by atoms with Gasteiger partial charge in [0.15, 0.2) is 0 Å². The average Bonchev–Trinajstić information content (AvgIpc) is 2.15. The van der Waals surface area contributed by atoms with Crippen molar-refractivity contribution in [2.24, 2.45) is 5.92 Å². The second-order valence-corrected chi connectivity index (χ2v) is 3.65. The third-order valence-electron chi connectivity index (χ3n) is 2.66. The molecular weight excluding hydrogens is 162 g/mol. The van der Waals surface area contributed by atoms with Crippen LogP contribution in [0.4, 0.5) is 5.69 Å². The SMILES string of the molecule is Nc1ccc(CC2CCC2=O)cc1. The van der Waals surface area contributed by atoms with Gasteiger partial charge in [-0.2, -0.15) is 0 Å². The van der Waals surface area contributed by atoms with E-state index >= 15 is 0 Å². The molecule has 0 spiro atoms. The van der Waals surface area contributed by atoms with Gasteiger partial charge in [-0.15, -0.1) is 0 Å². The first-order valence-electron chi connectivity index (χ1n) is 4.63. The summed E-state index contributed by atoms with van der Waals surface area (Å²) in [5.41, 5.74) is 7.56. The van der Waals surface area contributed by atoms with E-state index in [0.29, 0.717) is 5.78 Å². The first-order valence-corrected chi connectivity index (χ1v) is 4.63. The molecule has 0 radical (unpaired) electrons. The molecule has 68 valence electrons. The second kappa shape index (κ2) is 3.21. The monoisotopic (exact) mass is 175 g/mol. The summed E-state index contributed by atoms with van der Waals surface area (Å²) in [6, 6.07) is 7.78. The lowest BCUT2D eigenvalue weighted by atomic mass is 9.79. The highest BCUT2D eigenvalue weighted by Gasteiger charge is 2.27. The van der Waals surface area contributed by atoms with Crippen LogP contribution in [0, 0.1) is 5.92 Å². The Kier molecular flexibility index (Phi) is 2.05. The largest absolute Gasteiger partial charge is 0.399 e. The predicted molar refractivity (Wildman–Crippen MR) is 52.3 cm³/mol. The third kappa shape index (κ3) is 1.72. The summed E-state index contributed by atoms with van der Waals surface area (Å²) in [6.07, 6.45) is 2.72. The van der Waals surface area contributed by atoms with Crippen LogP contribution in [0.3, 0.4) is 0 Å². The average molecular weight is 175 g/mol. The van der Waals surface area contributed by atoms with E-state index in [9.17, 15) is 4.79 Å². The molecule has 1 unspecified atom stereocenters. The lowest BCUT2D eigenvalue weighted by Crippen LogP contribution is -2.27. The van der Waals surface area contributed by atoms with Crippen molar-refractivity contribution in [3.63, 3.8) is 0 Å². The number of rotatable bonds is 2. The van der Waals surface area contributed by atoms with E-state index < -0.39 is 0 Å². The Bertz CT molecular complexity index is 315. The van der Waals surface area contributed by atoms with E-state index in [0.717, 1.165) is 24.9 Å². The maximum atomic E-state index is 11.1. The van der Waals surface area contributed by atoms with Crippen molar-refractivity contribution >= 4 is 11.5 Å². The van der Waals surface area contributed by atoms with Crippen LogP contribution >= 0.6 is 0 Å². The van der Waals surface area contributed by atoms with Gasteiger partial charge in [-0.1, -0.05) is 12.1 Å². The van der Waals surface area contributed by atoms with Gasteiger partial charge in [-0.25, -0.2) is 0 Å². The van der Waals surface area contributed by atoms with Crippen LogP contribution in [0.15, 0.2) is 24.3 Å². The second-order valence-electron chi connectivity index (χ2n) is 3.65. The summed E-state index contributed by atoms with van der Waals surface area (Å²) >= 11 is 0. The first kappa shape index (κ1) is 8.30. The van der Waals surface area contributed by atoms with Gasteiger partial charge in [0.05, 0.1) is 0 Å². The molecule has 1 atom stereocenters. The molecule has 0 bridgehead atoms. The van der Waals surface area contributed by atoms with Gasteiger partial charge >= 0.3 is 0 Å². The maximum absolute atomic E-state index is 11.1. The number of ketones is 1. The zero-order valence-electron chi connectivity index (χ0n) is 7.49. The quantitative estimate of drug-likeness (QED) is 0.696. The fourth-order valence-electron chi connectivity index (χ4n) is 1.62. The number of hydrogen-bond donors (Lipinski definition) is 1. The van der Waals surface area contributed by atoms with Gasteiger partial charge in [0.2, 0.25) is 0 Å². The number of benzene rings is 1. The minimum atomic E-state index is 0.281. The molecule has 1 aliphatic carbocycles. The van der Waals surface area contributed by atoms with Crippen molar-refractivity contribution in [3.8, 4) is 0 Å². The minimum absolute atomic E-state index is 0.281. The molecule has 1 saturated carbocycles. The Hall–Kier alpha value is -1.31. The molecule has 1 aliphatic rings. The third-order valence-corrected chi connectivity index (χ3v) is 2.66. The van der Waals surface area contributed by atoms with Crippen LogP contribution < -0.4 is 5.73 Å². The van der Waals surface area contributed by atoms with Crippen LogP contribution in [0.25, 0.3) is 0 Å². The van der Waals surface area contributed by atoms with Crippen LogP contribution in [0.1, 0.15) is 18.4 Å². The van der Waals surface area contributed by atoms with Crippen molar-refractivity contribution in [1.82, 2.24) is 0 Å². The highest BCUT2D eigenvalue weighted by molar-refractivity contribution is 5.86. The van der Waals surface area contributed by atoms with E-state index in [2.05, 4.69) is 0 Å². The predicted octanol–water partition coefficient (Wildman–Crippen LogP) is 1.79. The first-order chi connectivity index (χ1) is 6.25. The van der Waals surface area contributed by atoms with E-state index in [-0.39, 0.29) is 5.92 Å². The van der Waals surface area contributed by atoms with Gasteiger partial charge in [0, 0.05) is 18.0 Å². The summed E-state index contributed by atoms with van der Waals surface area (Å²) < 4.78 is 0. The number of nitrogens with two attached hydrogens (primary N) is 1. The molecule has 0 saturated heterocycles. The van der Waals surface area contributed by atoms with Crippen molar-refractivity contribution in [3.05, 3.63) is 29.8 Å². The lowest BCUT2D eigenvalue weighted by molar-refractivity contribution is -0.129. The molecule has 1 fully saturated rings. The van der Waals surface area contributed by atoms with E-state index in [4.69, 9.17) is 5.73 Å². The van der Waals surface area contributed by atoms with Crippen molar-refractivity contribution in [2.75, 3.05) is 5.73 Å². The smallest absolute Gasteiger partial charge is 0.136 e. The molecule has 2 N–H and O–H groups in total. The van der Waals surface area contributed by atoms with Gasteiger partial charge in [0.25, 0.3) is 0 Å². The van der Waals surface area contributed by atoms with Crippen LogP contribution in [-0.4, -0.2) is 5.78 Å². The number of nitrogen functional groups attached to an aromatic ring is 1. The summed E-state index contributed by atoms with van der Waals surface area (Å²) in [6.45, 7) is 0. The summed E-state index contributed by atoms with van der Waals surface area (Å²) in [5.74, 6) is 0.695. The normalized spacial score (nSPS) is 21.2. The number of anilines is 1. The van der Waals surface area contributed by atoms with E-state index in [1.54, 1.807) is 0 Å². The van der Waals surface area contributed by atoms with Gasteiger partial charge in [-0.05, 0) is 30.5 Å². The summed E-state index contributed by atoms with van der Waals surface area (Å²) in [5, 5.41) is 0. The molecule has 2 nitrogen and oxygen atoms in total. The molecule has 0 aliphatic heterocycles. The van der Waals surface area contributed by atoms with Gasteiger partial charge in [-0.3, -0.25) is 4.79 Å². The number of Topliss-reactive ketones (excluding diaryl/α,β-unsaturated/α-hetero) is 1. The number of hydrogen-bond acceptors (Lipinski definition) is 2. The van der Waals surface area contributed by atoms with Crippen molar-refractivity contribution in [1.29, 1.82) is 0 Å². The lowest BCUT2D eigenvalue weighted by Gasteiger charge is -2.23. The number of carbonyl (C=O) groups excluding carboxylic acids is 1. The highest BCUT2D eigenvalue weighted by Crippen LogP contribution is 2.26. The fraction of sp³-hybridized carbons (Fsp3) is 0.364. The molecule has 0 aromatic heterocycles. The maximum Gasteiger partial charge on any atom is 0.136 e. The molecule has 0 amide bonds. The molecule has 0 heterocycles. The topological polar surface area (TPSA) is 43.1 Å². The molecule has 2 heteroatoms. The van der Waals surface area contributed by atoms with Crippen molar-refractivity contribution in [2.45, 2.75) is 19.3 Å². The summed E-state index contributed by atoms with van der Waals surface area (Å²) in [7, 11) is 0. The molecular formula is C11H13NO. The Morgan fingerprint density at radius 3 is 2.46 bits per heavy atom. The number of carbonyl (C=O) groups is 1. The van der Waals surface area contributed by atoms with Gasteiger partial charge < -0.3 is 5.73 Å². The standard InChI is InChI=1S/C11H13NO/c12-10-4-1-8(2-5-10)7-9-3-6-11(9)13/h1-2,4-5,9H,3,6-7,12H2. The molecule has 2 rings (SSSR count). The molecule has 1 aromatic carbocycles. The minimum Gasteiger partial charge on any atom is -0.399 e. The fourth-order valence-corrected chi connectivity index (χ4v) is 1.62. The van der Waals surface area contributed by atoms with Crippen LogP contribution in [-0.2, 0) is 11.2 Å². The summed E-state index contributed by atoms with van der Waals surface area (Å²) in [4.78, 5) is 11.1. The molecule has 13 heavy (non-hydrogen) atoms. The van der Waals surface area contributed by atoms with E-state index in [1.165, 1.54) is 5.56 Å². The zero-order valence-corrected chi connectivity index (χ0v) is 7.49. The van der Waals surface area contributed by atoms with Gasteiger partial charge in [0.1, 0.15) is 5.78 Å². The highest BCUT2D eigenvalue weighted by atomic mass is 16.1. The Morgan fingerprint density at radius 1 is 1.31 bits per heavy atom. The Labute approximate surface area is 77.8 Å². The zero-order chi connectivity index (χ0) is 9.26.